The average Bonchev–Trinajstić information content (AvgIpc) is 3.46. The summed E-state index contributed by atoms with van der Waals surface area (Å²) in [6.45, 7) is 6.88. The lowest BCUT2D eigenvalue weighted by atomic mass is 10.0. The Morgan fingerprint density at radius 3 is 2.54 bits per heavy atom. The van der Waals surface area contributed by atoms with Crippen LogP contribution in [0.2, 0.25) is 5.02 Å². The second-order valence-corrected chi connectivity index (χ2v) is 17.4. The molecule has 6 rings (SSSR count). The van der Waals surface area contributed by atoms with Crippen molar-refractivity contribution in [3.8, 4) is 17.6 Å². The fourth-order valence-corrected chi connectivity index (χ4v) is 8.21. The lowest BCUT2D eigenvalue weighted by Crippen LogP contribution is -2.54. The van der Waals surface area contributed by atoms with E-state index in [1.54, 1.807) is 63.4 Å². The lowest BCUT2D eigenvalue weighted by molar-refractivity contribution is -0.136. The van der Waals surface area contributed by atoms with Crippen LogP contribution in [0, 0.1) is 18.8 Å². The van der Waals surface area contributed by atoms with Crippen molar-refractivity contribution in [2.75, 3.05) is 30.8 Å². The maximum absolute atomic E-state index is 13.3. The second kappa shape index (κ2) is 18.8. The van der Waals surface area contributed by atoms with Crippen molar-refractivity contribution in [3.63, 3.8) is 0 Å². The molecule has 2 aliphatic heterocycles. The Hall–Kier alpha value is -5.82. The summed E-state index contributed by atoms with van der Waals surface area (Å²) in [6.07, 6.45) is 5.78. The van der Waals surface area contributed by atoms with E-state index in [0.717, 1.165) is 54.8 Å². The SMILES string of the molecule is COc1cc(CCNCCCCCC#Cc2cccc3c2C(=O)N(C2CCC(=O)NC2=O)C3=O)c(C)cc1Nc1ncc(Cl)c(Nc2ccccc2S(=O)(=O)C(C)C)n1. The highest BCUT2D eigenvalue weighted by Crippen LogP contribution is 2.34. The predicted octanol–water partition coefficient (Wildman–Crippen LogP) is 6.26. The Balaban J connectivity index is 0.965. The van der Waals surface area contributed by atoms with Crippen LogP contribution in [0.3, 0.4) is 0 Å². The number of ether oxygens (including phenoxy) is 1. The van der Waals surface area contributed by atoms with Crippen LogP contribution < -0.4 is 26.0 Å². The van der Waals surface area contributed by atoms with Crippen LogP contribution in [0.1, 0.15) is 89.8 Å². The Morgan fingerprint density at radius 2 is 1.78 bits per heavy atom. The number of benzene rings is 3. The van der Waals surface area contributed by atoms with Gasteiger partial charge in [0.2, 0.25) is 17.8 Å². The summed E-state index contributed by atoms with van der Waals surface area (Å²) in [7, 11) is -1.98. The Labute approximate surface area is 348 Å². The van der Waals surface area contributed by atoms with Crippen molar-refractivity contribution in [2.24, 2.45) is 0 Å². The fraction of sp³-hybridized carbons (Fsp3) is 0.349. The van der Waals surface area contributed by atoms with Gasteiger partial charge in [-0.1, -0.05) is 48.1 Å². The van der Waals surface area contributed by atoms with Crippen LogP contribution in [-0.4, -0.2) is 78.4 Å². The van der Waals surface area contributed by atoms with E-state index in [1.165, 1.54) is 6.20 Å². The number of nitrogens with one attached hydrogen (secondary N) is 4. The van der Waals surface area contributed by atoms with Crippen LogP contribution in [0.25, 0.3) is 0 Å². The van der Waals surface area contributed by atoms with E-state index in [4.69, 9.17) is 16.3 Å². The highest BCUT2D eigenvalue weighted by molar-refractivity contribution is 7.92. The van der Waals surface area contributed by atoms with Gasteiger partial charge in [0.15, 0.2) is 15.7 Å². The van der Waals surface area contributed by atoms with Crippen molar-refractivity contribution in [1.29, 1.82) is 0 Å². The molecule has 2 aliphatic rings. The molecule has 4 aromatic rings. The third kappa shape index (κ3) is 9.73. The van der Waals surface area contributed by atoms with Gasteiger partial charge >= 0.3 is 0 Å². The molecule has 1 unspecified atom stereocenters. The molecule has 1 saturated heterocycles. The molecule has 4 N–H and O–H groups in total. The summed E-state index contributed by atoms with van der Waals surface area (Å²) in [5.74, 6) is 5.11. The zero-order valence-electron chi connectivity index (χ0n) is 33.3. The number of para-hydroxylation sites is 1. The minimum atomic E-state index is -3.57. The molecule has 1 aromatic heterocycles. The summed E-state index contributed by atoms with van der Waals surface area (Å²) >= 11 is 6.43. The maximum atomic E-state index is 13.3. The predicted molar refractivity (Wildman–Crippen MR) is 225 cm³/mol. The van der Waals surface area contributed by atoms with E-state index >= 15 is 0 Å². The number of carbonyl (C=O) groups is 4. The highest BCUT2D eigenvalue weighted by Gasteiger charge is 2.45. The molecule has 14 nitrogen and oxygen atoms in total. The molecular formula is C43H46ClN7O7S. The lowest BCUT2D eigenvalue weighted by Gasteiger charge is -2.27. The normalized spacial score (nSPS) is 15.2. The number of nitrogens with zero attached hydrogens (tertiary/aromatic N) is 3. The van der Waals surface area contributed by atoms with E-state index in [9.17, 15) is 27.6 Å². The van der Waals surface area contributed by atoms with Crippen LogP contribution in [0.15, 0.2) is 65.7 Å². The number of sulfone groups is 1. The number of methoxy groups -OCH3 is 1. The molecule has 4 amide bonds. The second-order valence-electron chi connectivity index (χ2n) is 14.5. The van der Waals surface area contributed by atoms with Crippen molar-refractivity contribution >= 4 is 68.2 Å². The molecule has 3 aromatic carbocycles. The van der Waals surface area contributed by atoms with Crippen molar-refractivity contribution in [2.45, 2.75) is 81.9 Å². The van der Waals surface area contributed by atoms with Crippen molar-refractivity contribution < 1.29 is 32.3 Å². The molecule has 3 heterocycles. The van der Waals surface area contributed by atoms with E-state index in [1.807, 2.05) is 19.1 Å². The number of aryl methyl sites for hydroxylation is 1. The molecular weight excluding hydrogens is 794 g/mol. The van der Waals surface area contributed by atoms with E-state index in [2.05, 4.69) is 43.1 Å². The van der Waals surface area contributed by atoms with Crippen LogP contribution in [-0.2, 0) is 25.8 Å². The smallest absolute Gasteiger partial charge is 0.263 e. The molecule has 308 valence electrons. The van der Waals surface area contributed by atoms with E-state index < -0.39 is 44.8 Å². The topological polar surface area (TPSA) is 189 Å². The van der Waals surface area contributed by atoms with Crippen LogP contribution >= 0.6 is 11.6 Å². The molecule has 16 heteroatoms. The number of hydrogen-bond acceptors (Lipinski definition) is 12. The Kier molecular flexibility index (Phi) is 13.7. The number of anilines is 4. The van der Waals surface area contributed by atoms with Gasteiger partial charge in [0.25, 0.3) is 11.8 Å². The molecule has 0 bridgehead atoms. The number of amides is 4. The van der Waals surface area contributed by atoms with Crippen LogP contribution in [0.4, 0.5) is 23.1 Å². The van der Waals surface area contributed by atoms with Gasteiger partial charge in [-0.05, 0) is 107 Å². The fourth-order valence-electron chi connectivity index (χ4n) is 6.87. The summed E-state index contributed by atoms with van der Waals surface area (Å²) in [5.41, 5.74) is 4.06. The number of piperidine rings is 1. The Morgan fingerprint density at radius 1 is 0.983 bits per heavy atom. The van der Waals surface area contributed by atoms with Gasteiger partial charge in [0.05, 0.1) is 46.0 Å². The monoisotopic (exact) mass is 839 g/mol. The number of unbranched alkanes of at least 4 members (excludes halogenated alkanes) is 3. The third-order valence-electron chi connectivity index (χ3n) is 10.1. The zero-order valence-corrected chi connectivity index (χ0v) is 34.9. The van der Waals surface area contributed by atoms with Crippen molar-refractivity contribution in [3.05, 3.63) is 93.6 Å². The molecule has 0 aliphatic carbocycles. The first-order chi connectivity index (χ1) is 28.3. The number of carbonyl (C=O) groups excluding carboxylic acids is 4. The number of imide groups is 2. The van der Waals surface area contributed by atoms with Gasteiger partial charge in [-0.15, -0.1) is 0 Å². The minimum absolute atomic E-state index is 0.0628. The average molecular weight is 840 g/mol. The standard InChI is InChI=1S/C43H46ClN7O7S/c1-26(2)59(56,57)36-17-10-9-16-32(36)47-39-31(44)25-46-43(50-39)48-33-23-27(3)29(24-35(33)58-4)20-22-45-21-11-7-5-6-8-13-28-14-12-15-30-38(28)42(55)51(41(30)54)34-18-19-37(52)49-40(34)53/h9-10,12,14-17,23-26,34,45H,5-7,11,18-22H2,1-4H3,(H,49,52,53)(H2,46,47,48,50). The number of rotatable bonds is 16. The number of aromatic nitrogens is 2. The van der Waals surface area contributed by atoms with Gasteiger partial charge in [-0.3, -0.25) is 29.4 Å². The summed E-state index contributed by atoms with van der Waals surface area (Å²) in [6, 6.07) is 14.5. The molecule has 59 heavy (non-hydrogen) atoms. The molecule has 0 spiro atoms. The summed E-state index contributed by atoms with van der Waals surface area (Å²) < 4.78 is 31.7. The summed E-state index contributed by atoms with van der Waals surface area (Å²) in [5, 5.41) is 11.6. The summed E-state index contributed by atoms with van der Waals surface area (Å²) in [4.78, 5) is 60.3. The van der Waals surface area contributed by atoms with Gasteiger partial charge in [0, 0.05) is 18.4 Å². The van der Waals surface area contributed by atoms with Gasteiger partial charge in [-0.25, -0.2) is 13.4 Å². The molecule has 0 radical (unpaired) electrons. The molecule has 1 fully saturated rings. The van der Waals surface area contributed by atoms with Gasteiger partial charge in [0.1, 0.15) is 16.8 Å². The highest BCUT2D eigenvalue weighted by atomic mass is 35.5. The number of hydrogen-bond donors (Lipinski definition) is 4. The van der Waals surface area contributed by atoms with Gasteiger partial charge < -0.3 is 20.7 Å². The Bertz CT molecular complexity index is 2460. The molecule has 0 saturated carbocycles. The van der Waals surface area contributed by atoms with Crippen molar-refractivity contribution in [1.82, 2.24) is 25.5 Å². The maximum Gasteiger partial charge on any atom is 0.263 e. The first-order valence-electron chi connectivity index (χ1n) is 19.4. The third-order valence-corrected chi connectivity index (χ3v) is 12.6. The van der Waals surface area contributed by atoms with E-state index in [-0.39, 0.29) is 45.7 Å². The number of halogens is 1. The van der Waals surface area contributed by atoms with E-state index in [0.29, 0.717) is 29.1 Å². The first-order valence-corrected chi connectivity index (χ1v) is 21.3. The number of fused-ring (bicyclic) bond motifs is 1. The van der Waals surface area contributed by atoms with Gasteiger partial charge in [-0.2, -0.15) is 4.98 Å². The first kappa shape index (κ1) is 42.8. The quantitative estimate of drug-likeness (QED) is 0.0564. The largest absolute Gasteiger partial charge is 0.495 e. The van der Waals surface area contributed by atoms with Crippen LogP contribution in [0.5, 0.6) is 5.75 Å². The molecule has 1 atom stereocenters. The zero-order chi connectivity index (χ0) is 42.3. The minimum Gasteiger partial charge on any atom is -0.495 e.